The molecule has 4 heteroatoms. The van der Waals surface area contributed by atoms with Crippen LogP contribution < -0.4 is 5.73 Å². The summed E-state index contributed by atoms with van der Waals surface area (Å²) >= 11 is 0. The van der Waals surface area contributed by atoms with E-state index in [9.17, 15) is 4.79 Å². The molecule has 4 rings (SSSR count). The van der Waals surface area contributed by atoms with Crippen molar-refractivity contribution in [1.82, 2.24) is 9.97 Å². The molecular formula is C20H13N3O. The number of pyridine rings is 1. The Bertz CT molecular complexity index is 1020. The summed E-state index contributed by atoms with van der Waals surface area (Å²) in [5.41, 5.74) is 10.5. The number of carbonyl (C=O) groups is 1. The standard InChI is InChI=1S/C20H13N3O/c21-19(24)15-8-6-14(7-9-15)18-12-23-20-17(18)10-16(11-22-20)13-4-2-1-3-5-13/h1-2,4,6-12H,(H2,21,24)(H,22,23). The Labute approximate surface area is 139 Å². The number of nitrogens with zero attached hydrogens (tertiary/aromatic N) is 1. The molecule has 0 aliphatic heterocycles. The zero-order valence-corrected chi connectivity index (χ0v) is 12.7. The van der Waals surface area contributed by atoms with Gasteiger partial charge >= 0.3 is 0 Å². The maximum absolute atomic E-state index is 11.2. The maximum Gasteiger partial charge on any atom is 0.248 e. The van der Waals surface area contributed by atoms with Crippen LogP contribution in [0.2, 0.25) is 0 Å². The quantitative estimate of drug-likeness (QED) is 0.607. The minimum Gasteiger partial charge on any atom is -0.366 e. The Hall–Kier alpha value is -3.58. The monoisotopic (exact) mass is 311 g/mol. The van der Waals surface area contributed by atoms with Gasteiger partial charge < -0.3 is 10.7 Å². The lowest BCUT2D eigenvalue weighted by molar-refractivity contribution is 0.100. The molecule has 2 aromatic heterocycles. The highest BCUT2D eigenvalue weighted by Crippen LogP contribution is 2.30. The Morgan fingerprint density at radius 1 is 1.12 bits per heavy atom. The molecule has 0 saturated heterocycles. The summed E-state index contributed by atoms with van der Waals surface area (Å²) in [4.78, 5) is 18.9. The minimum absolute atomic E-state index is 0.430. The molecule has 0 radical (unpaired) electrons. The minimum atomic E-state index is -0.430. The Balaban J connectivity index is 1.83. The second kappa shape index (κ2) is 5.56. The first-order chi connectivity index (χ1) is 11.7. The summed E-state index contributed by atoms with van der Waals surface area (Å²) in [5.74, 6) is -0.430. The smallest absolute Gasteiger partial charge is 0.248 e. The normalized spacial score (nSPS) is 10.5. The zero-order chi connectivity index (χ0) is 16.5. The predicted octanol–water partition coefficient (Wildman–Crippen LogP) is 3.60. The van der Waals surface area contributed by atoms with Crippen LogP contribution in [0.25, 0.3) is 33.3 Å². The third kappa shape index (κ3) is 2.38. The van der Waals surface area contributed by atoms with E-state index in [1.807, 2.05) is 42.7 Å². The Kier molecular flexibility index (Phi) is 3.25. The topological polar surface area (TPSA) is 71.8 Å². The van der Waals surface area contributed by atoms with Crippen LogP contribution in [0.15, 0.2) is 60.9 Å². The summed E-state index contributed by atoms with van der Waals surface area (Å²) in [6.45, 7) is 0. The van der Waals surface area contributed by atoms with E-state index in [2.05, 4.69) is 28.2 Å². The van der Waals surface area contributed by atoms with Crippen molar-refractivity contribution in [3.63, 3.8) is 0 Å². The highest BCUT2D eigenvalue weighted by molar-refractivity contribution is 5.97. The van der Waals surface area contributed by atoms with E-state index in [0.29, 0.717) is 5.56 Å². The van der Waals surface area contributed by atoms with Crippen LogP contribution in [0, 0.1) is 12.1 Å². The summed E-state index contributed by atoms with van der Waals surface area (Å²) in [6, 6.07) is 21.1. The largest absolute Gasteiger partial charge is 0.366 e. The number of hydrogen-bond acceptors (Lipinski definition) is 2. The van der Waals surface area contributed by atoms with Gasteiger partial charge in [-0.15, -0.1) is 0 Å². The number of amides is 1. The fraction of sp³-hybridized carbons (Fsp3) is 0. The lowest BCUT2D eigenvalue weighted by atomic mass is 10.0. The van der Waals surface area contributed by atoms with Gasteiger partial charge in [0, 0.05) is 40.0 Å². The third-order valence-electron chi connectivity index (χ3n) is 3.97. The van der Waals surface area contributed by atoms with E-state index in [-0.39, 0.29) is 0 Å². The first-order valence-electron chi connectivity index (χ1n) is 7.48. The van der Waals surface area contributed by atoms with Crippen LogP contribution in [0.1, 0.15) is 10.4 Å². The molecule has 0 aliphatic carbocycles. The maximum atomic E-state index is 11.2. The highest BCUT2D eigenvalue weighted by Gasteiger charge is 2.10. The second-order valence-corrected chi connectivity index (χ2v) is 5.47. The molecule has 0 spiro atoms. The number of rotatable bonds is 3. The lowest BCUT2D eigenvalue weighted by Gasteiger charge is -2.03. The molecule has 0 saturated carbocycles. The van der Waals surface area contributed by atoms with Gasteiger partial charge in [-0.25, -0.2) is 4.98 Å². The number of nitrogens with one attached hydrogen (secondary N) is 1. The van der Waals surface area contributed by atoms with Gasteiger partial charge in [0.15, 0.2) is 0 Å². The van der Waals surface area contributed by atoms with Crippen molar-refractivity contribution in [1.29, 1.82) is 0 Å². The average molecular weight is 311 g/mol. The summed E-state index contributed by atoms with van der Waals surface area (Å²) in [6.07, 6.45) is 3.74. The van der Waals surface area contributed by atoms with Gasteiger partial charge in [-0.1, -0.05) is 30.3 Å². The highest BCUT2D eigenvalue weighted by atomic mass is 16.1. The van der Waals surface area contributed by atoms with Gasteiger partial charge in [-0.2, -0.15) is 0 Å². The fourth-order valence-electron chi connectivity index (χ4n) is 2.73. The lowest BCUT2D eigenvalue weighted by Crippen LogP contribution is -2.10. The second-order valence-electron chi connectivity index (χ2n) is 5.47. The van der Waals surface area contributed by atoms with Crippen molar-refractivity contribution in [3.8, 4) is 22.3 Å². The number of fused-ring (bicyclic) bond motifs is 1. The van der Waals surface area contributed by atoms with Gasteiger partial charge in [0.1, 0.15) is 5.65 Å². The first kappa shape index (κ1) is 14.0. The molecule has 24 heavy (non-hydrogen) atoms. The van der Waals surface area contributed by atoms with E-state index in [4.69, 9.17) is 5.73 Å². The van der Waals surface area contributed by atoms with Crippen LogP contribution in [0.4, 0.5) is 0 Å². The van der Waals surface area contributed by atoms with Crippen LogP contribution in [-0.2, 0) is 0 Å². The van der Waals surface area contributed by atoms with Crippen molar-refractivity contribution in [2.75, 3.05) is 0 Å². The molecule has 2 heterocycles. The number of benzene rings is 1. The van der Waals surface area contributed by atoms with Gasteiger partial charge in [0.25, 0.3) is 0 Å². The van der Waals surface area contributed by atoms with Crippen molar-refractivity contribution >= 4 is 16.9 Å². The fourth-order valence-corrected chi connectivity index (χ4v) is 2.73. The summed E-state index contributed by atoms with van der Waals surface area (Å²) in [5, 5.41) is 1.01. The van der Waals surface area contributed by atoms with E-state index in [0.717, 1.165) is 33.3 Å². The predicted molar refractivity (Wildman–Crippen MR) is 93.2 cm³/mol. The molecular weight excluding hydrogens is 298 g/mol. The van der Waals surface area contributed by atoms with E-state index >= 15 is 0 Å². The van der Waals surface area contributed by atoms with E-state index in [1.54, 1.807) is 12.1 Å². The number of hydrogen-bond donors (Lipinski definition) is 2. The van der Waals surface area contributed by atoms with E-state index in [1.165, 1.54) is 0 Å². The van der Waals surface area contributed by atoms with Gasteiger partial charge in [-0.05, 0) is 35.9 Å². The molecule has 4 aromatic rings. The molecule has 4 nitrogen and oxygen atoms in total. The van der Waals surface area contributed by atoms with Crippen LogP contribution >= 0.6 is 0 Å². The molecule has 1 amide bonds. The summed E-state index contributed by atoms with van der Waals surface area (Å²) < 4.78 is 0. The van der Waals surface area contributed by atoms with Gasteiger partial charge in [0.05, 0.1) is 0 Å². The average Bonchev–Trinajstić information content (AvgIpc) is 3.05. The summed E-state index contributed by atoms with van der Waals surface area (Å²) in [7, 11) is 0. The molecule has 114 valence electrons. The van der Waals surface area contributed by atoms with Gasteiger partial charge in [-0.3, -0.25) is 4.79 Å². The van der Waals surface area contributed by atoms with Crippen LogP contribution in [0.5, 0.6) is 0 Å². The first-order valence-corrected chi connectivity index (χ1v) is 7.48. The zero-order valence-electron chi connectivity index (χ0n) is 12.7. The molecule has 0 unspecified atom stereocenters. The number of carbonyl (C=O) groups excluding carboxylic acids is 1. The number of nitrogens with two attached hydrogens (primary N) is 1. The number of H-pyrrole nitrogens is 1. The number of aromatic amines is 1. The molecule has 0 bridgehead atoms. The van der Waals surface area contributed by atoms with E-state index < -0.39 is 5.91 Å². The molecule has 0 aliphatic rings. The molecule has 0 atom stereocenters. The van der Waals surface area contributed by atoms with Crippen LogP contribution in [-0.4, -0.2) is 15.9 Å². The Morgan fingerprint density at radius 2 is 1.96 bits per heavy atom. The number of primary amides is 1. The van der Waals surface area contributed by atoms with Crippen molar-refractivity contribution in [2.45, 2.75) is 0 Å². The van der Waals surface area contributed by atoms with Crippen molar-refractivity contribution in [3.05, 3.63) is 78.6 Å². The molecule has 3 N–H and O–H groups in total. The Morgan fingerprint density at radius 3 is 2.67 bits per heavy atom. The molecule has 0 fully saturated rings. The SMILES string of the molecule is NC(=O)c1ccc(-c2c[nH]c3ncc(-c4c#cccc4)cc23)cc1. The van der Waals surface area contributed by atoms with Crippen molar-refractivity contribution < 1.29 is 4.79 Å². The molecule has 2 aromatic carbocycles. The van der Waals surface area contributed by atoms with Crippen LogP contribution in [0.3, 0.4) is 0 Å². The van der Waals surface area contributed by atoms with Gasteiger partial charge in [0.2, 0.25) is 5.91 Å². The van der Waals surface area contributed by atoms with Crippen molar-refractivity contribution in [2.24, 2.45) is 5.73 Å². The third-order valence-corrected chi connectivity index (χ3v) is 3.97. The number of aromatic nitrogens is 2.